The van der Waals surface area contributed by atoms with Crippen LogP contribution in [0.1, 0.15) is 51.4 Å². The van der Waals surface area contributed by atoms with Crippen LogP contribution in [-0.2, 0) is 33.4 Å². The molecule has 3 N–H and O–H groups in total. The summed E-state index contributed by atoms with van der Waals surface area (Å²) in [7, 11) is 2.70. The molecule has 0 saturated carbocycles. The highest BCUT2D eigenvalue weighted by Gasteiger charge is 2.19. The molecule has 2 atom stereocenters. The fourth-order valence-electron chi connectivity index (χ4n) is 3.51. The number of esters is 2. The van der Waals surface area contributed by atoms with Gasteiger partial charge in [-0.1, -0.05) is 42.5 Å². The molecule has 2 amide bonds. The zero-order valence-electron chi connectivity index (χ0n) is 23.9. The molecule has 0 aliphatic carbocycles. The zero-order chi connectivity index (χ0) is 30.3. The van der Waals surface area contributed by atoms with Gasteiger partial charge in [-0.05, 0) is 62.8 Å². The van der Waals surface area contributed by atoms with Crippen molar-refractivity contribution < 1.29 is 38.5 Å². The molecule has 0 aromatic heterocycles. The van der Waals surface area contributed by atoms with Gasteiger partial charge in [-0.25, -0.2) is 0 Å². The highest BCUT2D eigenvalue weighted by Crippen LogP contribution is 2.12. The monoisotopic (exact) mass is 570 g/mol. The van der Waals surface area contributed by atoms with E-state index in [1.807, 2.05) is 36.4 Å². The van der Waals surface area contributed by atoms with E-state index < -0.39 is 18.1 Å². The summed E-state index contributed by atoms with van der Waals surface area (Å²) in [6, 6.07) is 18.2. The average Bonchev–Trinajstić information content (AvgIpc) is 2.99. The van der Waals surface area contributed by atoms with Gasteiger partial charge in [0, 0.05) is 24.2 Å². The second-order valence-corrected chi connectivity index (χ2v) is 8.98. The second kappa shape index (κ2) is 21.8. The maximum absolute atomic E-state index is 12.2. The molecule has 0 aliphatic rings. The van der Waals surface area contributed by atoms with Gasteiger partial charge in [0.25, 0.3) is 11.8 Å². The van der Waals surface area contributed by atoms with Crippen LogP contribution in [0.3, 0.4) is 0 Å². The lowest BCUT2D eigenvalue weighted by molar-refractivity contribution is -0.141. The maximum atomic E-state index is 12.2. The number of hydrogen-bond donors (Lipinski definition) is 3. The molecule has 2 aromatic carbocycles. The van der Waals surface area contributed by atoms with Crippen LogP contribution in [-0.4, -0.2) is 61.9 Å². The minimum absolute atomic E-state index is 0.189. The fourth-order valence-corrected chi connectivity index (χ4v) is 3.51. The number of nitrogens with one attached hydrogen (secondary N) is 2. The molecule has 0 heterocycles. The molecule has 0 saturated heterocycles. The number of unbranched alkanes of at least 4 members (excludes halogenated alkanes) is 2. The van der Waals surface area contributed by atoms with Gasteiger partial charge in [-0.2, -0.15) is 0 Å². The van der Waals surface area contributed by atoms with E-state index in [0.717, 1.165) is 5.69 Å². The third-order valence-electron chi connectivity index (χ3n) is 5.75. The standard InChI is InChI=1S/C17H23NO4.C14H19NO4/c1-3-13-22-15(11-7-8-12-16(19)21-2)17(20)18-14-9-5-4-6-10-14;1-19-13(17)10-6-5-9-12(16)14(18)15-11-7-3-2-4-8-11/h3-6,9-10,15H,1,7-8,11-13H2,2H3,(H,18,20);2-4,7-8,12,16H,5-6,9-10H2,1H3,(H,15,18). The zero-order valence-corrected chi connectivity index (χ0v) is 23.9. The van der Waals surface area contributed by atoms with E-state index in [1.165, 1.54) is 14.2 Å². The van der Waals surface area contributed by atoms with E-state index in [4.69, 9.17) is 4.74 Å². The van der Waals surface area contributed by atoms with Gasteiger partial charge in [0.1, 0.15) is 12.2 Å². The lowest BCUT2D eigenvalue weighted by atomic mass is 10.1. The van der Waals surface area contributed by atoms with Crippen molar-refractivity contribution in [3.8, 4) is 0 Å². The van der Waals surface area contributed by atoms with Gasteiger partial charge >= 0.3 is 11.9 Å². The molecule has 0 radical (unpaired) electrons. The summed E-state index contributed by atoms with van der Waals surface area (Å²) in [4.78, 5) is 45.8. The number of hydrogen-bond acceptors (Lipinski definition) is 8. The van der Waals surface area contributed by atoms with Crippen LogP contribution in [0.4, 0.5) is 11.4 Å². The maximum Gasteiger partial charge on any atom is 0.305 e. The van der Waals surface area contributed by atoms with Crippen LogP contribution in [0.2, 0.25) is 0 Å². The van der Waals surface area contributed by atoms with Crippen molar-refractivity contribution in [2.45, 2.75) is 63.6 Å². The van der Waals surface area contributed by atoms with Crippen molar-refractivity contribution in [3.05, 3.63) is 73.3 Å². The topological polar surface area (TPSA) is 140 Å². The quantitative estimate of drug-likeness (QED) is 0.142. The molecule has 0 aliphatic heterocycles. The molecule has 0 spiro atoms. The number of para-hydroxylation sites is 2. The second-order valence-electron chi connectivity index (χ2n) is 8.98. The Morgan fingerprint density at radius 1 is 0.756 bits per heavy atom. The molecule has 0 bridgehead atoms. The van der Waals surface area contributed by atoms with Crippen LogP contribution >= 0.6 is 0 Å². The third-order valence-corrected chi connectivity index (χ3v) is 5.75. The van der Waals surface area contributed by atoms with Crippen LogP contribution in [0, 0.1) is 0 Å². The summed E-state index contributed by atoms with van der Waals surface area (Å²) in [5.41, 5.74) is 1.38. The van der Waals surface area contributed by atoms with E-state index in [9.17, 15) is 24.3 Å². The molecule has 2 unspecified atom stereocenters. The first-order valence-electron chi connectivity index (χ1n) is 13.6. The number of carbonyl (C=O) groups excluding carboxylic acids is 4. The van der Waals surface area contributed by atoms with Crippen molar-refractivity contribution in [1.82, 2.24) is 0 Å². The number of rotatable bonds is 17. The minimum atomic E-state index is -1.06. The van der Waals surface area contributed by atoms with Crippen molar-refractivity contribution in [2.75, 3.05) is 31.5 Å². The smallest absolute Gasteiger partial charge is 0.305 e. The number of benzene rings is 2. The highest BCUT2D eigenvalue weighted by atomic mass is 16.5. The molecule has 224 valence electrons. The van der Waals surface area contributed by atoms with E-state index in [0.29, 0.717) is 63.7 Å². The van der Waals surface area contributed by atoms with Crippen molar-refractivity contribution >= 4 is 35.1 Å². The Morgan fingerprint density at radius 3 is 1.68 bits per heavy atom. The van der Waals surface area contributed by atoms with Gasteiger partial charge in [0.2, 0.25) is 0 Å². The summed E-state index contributed by atoms with van der Waals surface area (Å²) in [6.07, 6.45) is 4.10. The number of carbonyl (C=O) groups is 4. The largest absolute Gasteiger partial charge is 0.469 e. The average molecular weight is 571 g/mol. The molecule has 10 heteroatoms. The van der Waals surface area contributed by atoms with E-state index in [-0.39, 0.29) is 17.8 Å². The SMILES string of the molecule is C=CCOC(CCCCC(=O)OC)C(=O)Nc1ccccc1.COC(=O)CCCCC(O)C(=O)Nc1ccccc1. The first kappa shape index (κ1) is 35.0. The molecule has 41 heavy (non-hydrogen) atoms. The van der Waals surface area contributed by atoms with E-state index in [1.54, 1.807) is 30.3 Å². The van der Waals surface area contributed by atoms with Crippen LogP contribution in [0.5, 0.6) is 0 Å². The van der Waals surface area contributed by atoms with E-state index >= 15 is 0 Å². The lowest BCUT2D eigenvalue weighted by Gasteiger charge is -2.16. The van der Waals surface area contributed by atoms with Gasteiger partial charge < -0.3 is 30.0 Å². The molecular weight excluding hydrogens is 528 g/mol. The summed E-state index contributed by atoms with van der Waals surface area (Å²) >= 11 is 0. The third kappa shape index (κ3) is 16.6. The normalized spacial score (nSPS) is 11.6. The van der Waals surface area contributed by atoms with Gasteiger partial charge in [-0.15, -0.1) is 6.58 Å². The lowest BCUT2D eigenvalue weighted by Crippen LogP contribution is -2.30. The van der Waals surface area contributed by atoms with Crippen LogP contribution in [0.25, 0.3) is 0 Å². The first-order chi connectivity index (χ1) is 19.8. The Bertz CT molecular complexity index is 1050. The highest BCUT2D eigenvalue weighted by molar-refractivity contribution is 5.94. The van der Waals surface area contributed by atoms with Crippen molar-refractivity contribution in [1.29, 1.82) is 0 Å². The number of ether oxygens (including phenoxy) is 3. The molecular formula is C31H42N2O8. The van der Waals surface area contributed by atoms with Crippen molar-refractivity contribution in [3.63, 3.8) is 0 Å². The predicted octanol–water partition coefficient (Wildman–Crippen LogP) is 4.65. The Labute approximate surface area is 242 Å². The van der Waals surface area contributed by atoms with Crippen LogP contribution < -0.4 is 10.6 Å². The Balaban J connectivity index is 0.000000414. The minimum Gasteiger partial charge on any atom is -0.469 e. The van der Waals surface area contributed by atoms with Gasteiger partial charge in [0.15, 0.2) is 0 Å². The number of aliphatic hydroxyl groups excluding tert-OH is 1. The molecule has 2 rings (SSSR count). The Hall–Kier alpha value is -4.02. The Kier molecular flexibility index (Phi) is 18.6. The summed E-state index contributed by atoms with van der Waals surface area (Å²) in [5.74, 6) is -1.13. The first-order valence-corrected chi connectivity index (χ1v) is 13.6. The predicted molar refractivity (Wildman–Crippen MR) is 157 cm³/mol. The van der Waals surface area contributed by atoms with Gasteiger partial charge in [-0.3, -0.25) is 19.2 Å². The number of anilines is 2. The number of amides is 2. The molecule has 2 aromatic rings. The summed E-state index contributed by atoms with van der Waals surface area (Å²) in [5, 5.41) is 15.1. The fraction of sp³-hybridized carbons (Fsp3) is 0.419. The summed E-state index contributed by atoms with van der Waals surface area (Å²) < 4.78 is 14.6. The molecule has 10 nitrogen and oxygen atoms in total. The van der Waals surface area contributed by atoms with Crippen molar-refractivity contribution in [2.24, 2.45) is 0 Å². The van der Waals surface area contributed by atoms with Crippen LogP contribution in [0.15, 0.2) is 73.3 Å². The van der Waals surface area contributed by atoms with Gasteiger partial charge in [0.05, 0.1) is 20.8 Å². The molecule has 0 fully saturated rings. The summed E-state index contributed by atoms with van der Waals surface area (Å²) in [6.45, 7) is 3.90. The van der Waals surface area contributed by atoms with E-state index in [2.05, 4.69) is 26.7 Å². The Morgan fingerprint density at radius 2 is 1.22 bits per heavy atom. The number of methoxy groups -OCH3 is 2. The number of aliphatic hydroxyl groups is 1.